The van der Waals surface area contributed by atoms with Crippen LogP contribution >= 0.6 is 11.6 Å². The highest BCUT2D eigenvalue weighted by Gasteiger charge is 2.36. The standard InChI is InChI=1S/C20H18ClN3O2/c21-13-5-3-6-14(11-13)22-19(25)12-24-18-10-2-1-8-17(18)23-16-9-4-7-15(16)20(24)26/h1-3,5-6,8,10-11,15H,4,7,9,12H2,(H,22,25)/t15-/m1/s1. The number of amides is 2. The monoisotopic (exact) mass is 367 g/mol. The van der Waals surface area contributed by atoms with Crippen LogP contribution in [0, 0.1) is 5.92 Å². The molecule has 1 N–H and O–H groups in total. The van der Waals surface area contributed by atoms with Crippen LogP contribution in [0.3, 0.4) is 0 Å². The summed E-state index contributed by atoms with van der Waals surface area (Å²) in [6.07, 6.45) is 2.59. The molecule has 26 heavy (non-hydrogen) atoms. The van der Waals surface area contributed by atoms with Crippen molar-refractivity contribution in [1.29, 1.82) is 0 Å². The van der Waals surface area contributed by atoms with Gasteiger partial charge >= 0.3 is 0 Å². The van der Waals surface area contributed by atoms with Crippen molar-refractivity contribution >= 4 is 46.2 Å². The van der Waals surface area contributed by atoms with Crippen molar-refractivity contribution in [2.45, 2.75) is 19.3 Å². The lowest BCUT2D eigenvalue weighted by Gasteiger charge is -2.24. The molecule has 0 aromatic heterocycles. The number of halogens is 1. The van der Waals surface area contributed by atoms with Crippen LogP contribution in [0.5, 0.6) is 0 Å². The van der Waals surface area contributed by atoms with E-state index in [1.165, 1.54) is 0 Å². The van der Waals surface area contributed by atoms with Gasteiger partial charge in [0.2, 0.25) is 11.8 Å². The molecule has 1 fully saturated rings. The summed E-state index contributed by atoms with van der Waals surface area (Å²) in [5.41, 5.74) is 2.97. The lowest BCUT2D eigenvalue weighted by molar-refractivity contribution is -0.122. The van der Waals surface area contributed by atoms with E-state index in [1.54, 1.807) is 29.2 Å². The second-order valence-corrected chi connectivity index (χ2v) is 6.96. The normalized spacial score (nSPS) is 18.7. The molecule has 6 heteroatoms. The lowest BCUT2D eigenvalue weighted by Crippen LogP contribution is -2.41. The third-order valence-electron chi connectivity index (χ3n) is 4.74. The largest absolute Gasteiger partial charge is 0.324 e. The molecule has 2 aliphatic rings. The van der Waals surface area contributed by atoms with Gasteiger partial charge in [-0.05, 0) is 49.6 Å². The number of aliphatic imine (C=N–C) groups is 1. The van der Waals surface area contributed by atoms with E-state index in [-0.39, 0.29) is 24.3 Å². The first kappa shape index (κ1) is 16.8. The third kappa shape index (κ3) is 3.22. The Morgan fingerprint density at radius 2 is 2.08 bits per heavy atom. The molecule has 1 aliphatic carbocycles. The number of para-hydroxylation sites is 2. The summed E-state index contributed by atoms with van der Waals surface area (Å²) in [7, 11) is 0. The van der Waals surface area contributed by atoms with E-state index in [1.807, 2.05) is 24.3 Å². The summed E-state index contributed by atoms with van der Waals surface area (Å²) in [5.74, 6) is -0.536. The SMILES string of the molecule is O=C(CN1C(=O)[C@@H]2CCCC2=Nc2ccccc21)Nc1cccc(Cl)c1. The van der Waals surface area contributed by atoms with Crippen LogP contribution in [0.4, 0.5) is 17.1 Å². The van der Waals surface area contributed by atoms with E-state index in [0.29, 0.717) is 16.4 Å². The summed E-state index contributed by atoms with van der Waals surface area (Å²) in [6, 6.07) is 14.4. The molecule has 0 radical (unpaired) electrons. The number of carbonyl (C=O) groups is 2. The summed E-state index contributed by atoms with van der Waals surface area (Å²) in [4.78, 5) is 31.9. The molecule has 132 valence electrons. The van der Waals surface area contributed by atoms with Gasteiger partial charge in [0, 0.05) is 16.4 Å². The van der Waals surface area contributed by atoms with Crippen LogP contribution in [0.25, 0.3) is 0 Å². The minimum Gasteiger partial charge on any atom is -0.324 e. The highest BCUT2D eigenvalue weighted by molar-refractivity contribution is 6.31. The maximum Gasteiger partial charge on any atom is 0.244 e. The smallest absolute Gasteiger partial charge is 0.244 e. The van der Waals surface area contributed by atoms with Gasteiger partial charge in [0.25, 0.3) is 0 Å². The Bertz CT molecular complexity index is 909. The number of fused-ring (bicyclic) bond motifs is 2. The highest BCUT2D eigenvalue weighted by atomic mass is 35.5. The second kappa shape index (κ2) is 6.92. The molecule has 0 spiro atoms. The molecule has 1 saturated carbocycles. The van der Waals surface area contributed by atoms with E-state index >= 15 is 0 Å². The van der Waals surface area contributed by atoms with Crippen molar-refractivity contribution in [2.75, 3.05) is 16.8 Å². The highest BCUT2D eigenvalue weighted by Crippen LogP contribution is 2.37. The topological polar surface area (TPSA) is 61.8 Å². The minimum atomic E-state index is -0.267. The molecule has 0 bridgehead atoms. The summed E-state index contributed by atoms with van der Waals surface area (Å²) in [6.45, 7) is -0.0539. The van der Waals surface area contributed by atoms with Gasteiger partial charge in [0.15, 0.2) is 0 Å². The van der Waals surface area contributed by atoms with Crippen molar-refractivity contribution in [3.05, 3.63) is 53.6 Å². The number of nitrogens with one attached hydrogen (secondary N) is 1. The van der Waals surface area contributed by atoms with E-state index in [2.05, 4.69) is 5.32 Å². The molecular weight excluding hydrogens is 350 g/mol. The van der Waals surface area contributed by atoms with E-state index in [9.17, 15) is 9.59 Å². The minimum absolute atomic E-state index is 0.0487. The van der Waals surface area contributed by atoms with Crippen molar-refractivity contribution < 1.29 is 9.59 Å². The van der Waals surface area contributed by atoms with Gasteiger partial charge < -0.3 is 10.2 Å². The molecule has 2 amide bonds. The number of anilines is 2. The van der Waals surface area contributed by atoms with Crippen molar-refractivity contribution in [2.24, 2.45) is 10.9 Å². The van der Waals surface area contributed by atoms with Crippen LogP contribution in [0.2, 0.25) is 5.02 Å². The fraction of sp³-hybridized carbons (Fsp3) is 0.250. The first-order chi connectivity index (χ1) is 12.6. The molecular formula is C20H18ClN3O2. The molecule has 1 atom stereocenters. The molecule has 2 aromatic rings. The lowest BCUT2D eigenvalue weighted by atomic mass is 10.1. The van der Waals surface area contributed by atoms with Gasteiger partial charge in [-0.15, -0.1) is 0 Å². The van der Waals surface area contributed by atoms with Crippen molar-refractivity contribution in [3.63, 3.8) is 0 Å². The number of nitrogens with zero attached hydrogens (tertiary/aromatic N) is 2. The number of carbonyl (C=O) groups excluding carboxylic acids is 2. The maximum absolute atomic E-state index is 13.1. The van der Waals surface area contributed by atoms with Gasteiger partial charge in [-0.2, -0.15) is 0 Å². The van der Waals surface area contributed by atoms with E-state index in [0.717, 1.165) is 30.7 Å². The van der Waals surface area contributed by atoms with Gasteiger partial charge in [-0.1, -0.05) is 29.8 Å². The molecule has 5 nitrogen and oxygen atoms in total. The van der Waals surface area contributed by atoms with Crippen LogP contribution in [0.15, 0.2) is 53.5 Å². The number of benzene rings is 2. The first-order valence-corrected chi connectivity index (χ1v) is 9.03. The second-order valence-electron chi connectivity index (χ2n) is 6.52. The Morgan fingerprint density at radius 3 is 2.92 bits per heavy atom. The molecule has 1 aliphatic heterocycles. The maximum atomic E-state index is 13.1. The predicted octanol–water partition coefficient (Wildman–Crippen LogP) is 4.20. The number of rotatable bonds is 3. The van der Waals surface area contributed by atoms with Crippen LogP contribution < -0.4 is 10.2 Å². The molecule has 2 aromatic carbocycles. The fourth-order valence-corrected chi connectivity index (χ4v) is 3.74. The van der Waals surface area contributed by atoms with Gasteiger partial charge in [-0.25, -0.2) is 0 Å². The zero-order chi connectivity index (χ0) is 18.1. The van der Waals surface area contributed by atoms with Gasteiger partial charge in [0.05, 0.1) is 17.3 Å². The summed E-state index contributed by atoms with van der Waals surface area (Å²) < 4.78 is 0. The average Bonchev–Trinajstić information content (AvgIpc) is 3.04. The molecule has 4 rings (SSSR count). The fourth-order valence-electron chi connectivity index (χ4n) is 3.55. The Balaban J connectivity index is 1.61. The molecule has 1 heterocycles. The zero-order valence-corrected chi connectivity index (χ0v) is 14.9. The van der Waals surface area contributed by atoms with E-state index in [4.69, 9.17) is 16.6 Å². The third-order valence-corrected chi connectivity index (χ3v) is 4.97. The Hall–Kier alpha value is -2.66. The molecule has 0 saturated heterocycles. The van der Waals surface area contributed by atoms with Gasteiger partial charge in [-0.3, -0.25) is 14.6 Å². The van der Waals surface area contributed by atoms with Crippen LogP contribution in [0.1, 0.15) is 19.3 Å². The summed E-state index contributed by atoms with van der Waals surface area (Å²) in [5, 5.41) is 3.35. The summed E-state index contributed by atoms with van der Waals surface area (Å²) >= 11 is 5.96. The predicted molar refractivity (Wildman–Crippen MR) is 103 cm³/mol. The Kier molecular flexibility index (Phi) is 4.47. The van der Waals surface area contributed by atoms with Crippen LogP contribution in [-0.2, 0) is 9.59 Å². The number of hydrogen-bond donors (Lipinski definition) is 1. The van der Waals surface area contributed by atoms with Crippen LogP contribution in [-0.4, -0.2) is 24.1 Å². The van der Waals surface area contributed by atoms with Gasteiger partial charge in [0.1, 0.15) is 6.54 Å². The quantitative estimate of drug-likeness (QED) is 0.883. The van der Waals surface area contributed by atoms with Crippen molar-refractivity contribution in [3.8, 4) is 0 Å². The Labute approximate surface area is 156 Å². The zero-order valence-electron chi connectivity index (χ0n) is 14.1. The number of hydrogen-bond acceptors (Lipinski definition) is 3. The first-order valence-electron chi connectivity index (χ1n) is 8.65. The Morgan fingerprint density at radius 1 is 1.23 bits per heavy atom. The van der Waals surface area contributed by atoms with E-state index < -0.39 is 0 Å². The van der Waals surface area contributed by atoms with Crippen molar-refractivity contribution in [1.82, 2.24) is 0 Å². The average molecular weight is 368 g/mol. The molecule has 0 unspecified atom stereocenters.